The van der Waals surface area contributed by atoms with Crippen molar-refractivity contribution in [1.82, 2.24) is 24.8 Å². The summed E-state index contributed by atoms with van der Waals surface area (Å²) in [5.74, 6) is 0. The van der Waals surface area contributed by atoms with Crippen molar-refractivity contribution in [2.75, 3.05) is 13.6 Å². The molecule has 2 rings (SSSR count). The molecule has 0 amide bonds. The summed E-state index contributed by atoms with van der Waals surface area (Å²) in [6.07, 6.45) is 5.73. The molecule has 0 radical (unpaired) electrons. The SMILES string of the molecule is CNCc1ccc(S(=O)(=O)NCCc2cnn(C)c2)nc1. The Morgan fingerprint density at radius 3 is 2.62 bits per heavy atom. The van der Waals surface area contributed by atoms with Crippen molar-refractivity contribution in [1.29, 1.82) is 0 Å². The Kier molecular flexibility index (Phi) is 5.05. The summed E-state index contributed by atoms with van der Waals surface area (Å²) < 4.78 is 28.4. The second kappa shape index (κ2) is 6.79. The van der Waals surface area contributed by atoms with Crippen LogP contribution in [0.5, 0.6) is 0 Å². The maximum atomic E-state index is 12.1. The van der Waals surface area contributed by atoms with Crippen LogP contribution in [-0.4, -0.2) is 36.8 Å². The lowest BCUT2D eigenvalue weighted by Crippen LogP contribution is -2.26. The number of sulfonamides is 1. The molecule has 7 nitrogen and oxygen atoms in total. The number of aromatic nitrogens is 3. The van der Waals surface area contributed by atoms with Crippen LogP contribution < -0.4 is 10.0 Å². The van der Waals surface area contributed by atoms with E-state index >= 15 is 0 Å². The lowest BCUT2D eigenvalue weighted by Gasteiger charge is -2.06. The summed E-state index contributed by atoms with van der Waals surface area (Å²) in [6.45, 7) is 0.968. The first-order valence-corrected chi connectivity index (χ1v) is 8.06. The zero-order chi connectivity index (χ0) is 15.3. The van der Waals surface area contributed by atoms with Crippen LogP contribution in [0.3, 0.4) is 0 Å². The molecule has 0 bridgehead atoms. The standard InChI is InChI=1S/C13H19N5O2S/c1-14-7-11-3-4-13(15-8-11)21(19,20)17-6-5-12-9-16-18(2)10-12/h3-4,8-10,14,17H,5-7H2,1-2H3. The van der Waals surface area contributed by atoms with Crippen LogP contribution in [0.2, 0.25) is 0 Å². The predicted octanol–water partition coefficient (Wildman–Crippen LogP) is 0.0555. The van der Waals surface area contributed by atoms with E-state index in [1.807, 2.05) is 20.3 Å². The van der Waals surface area contributed by atoms with Crippen molar-refractivity contribution >= 4 is 10.0 Å². The molecule has 2 aromatic heterocycles. The molecule has 0 saturated carbocycles. The summed E-state index contributed by atoms with van der Waals surface area (Å²) in [5.41, 5.74) is 1.92. The highest BCUT2D eigenvalue weighted by atomic mass is 32.2. The molecule has 2 N–H and O–H groups in total. The van der Waals surface area contributed by atoms with Crippen LogP contribution >= 0.6 is 0 Å². The number of nitrogens with zero attached hydrogens (tertiary/aromatic N) is 3. The van der Waals surface area contributed by atoms with E-state index in [1.165, 1.54) is 6.07 Å². The van der Waals surface area contributed by atoms with Gasteiger partial charge in [0.05, 0.1) is 6.20 Å². The Bertz CT molecular complexity index is 679. The average Bonchev–Trinajstić information content (AvgIpc) is 2.85. The van der Waals surface area contributed by atoms with Gasteiger partial charge >= 0.3 is 0 Å². The molecule has 114 valence electrons. The van der Waals surface area contributed by atoms with Crippen LogP contribution in [0.25, 0.3) is 0 Å². The third-order valence-electron chi connectivity index (χ3n) is 2.92. The molecule has 8 heteroatoms. The Morgan fingerprint density at radius 2 is 2.05 bits per heavy atom. The smallest absolute Gasteiger partial charge is 0.258 e. The molecular formula is C13H19N5O2S. The maximum Gasteiger partial charge on any atom is 0.258 e. The first kappa shape index (κ1) is 15.6. The van der Waals surface area contributed by atoms with Crippen LogP contribution in [0.1, 0.15) is 11.1 Å². The molecule has 0 saturated heterocycles. The molecule has 0 aliphatic heterocycles. The number of nitrogens with one attached hydrogen (secondary N) is 2. The van der Waals surface area contributed by atoms with Gasteiger partial charge in [0.1, 0.15) is 0 Å². The minimum Gasteiger partial charge on any atom is -0.316 e. The Hall–Kier alpha value is -1.77. The lowest BCUT2D eigenvalue weighted by atomic mass is 10.3. The predicted molar refractivity (Wildman–Crippen MR) is 79.1 cm³/mol. The minimum absolute atomic E-state index is 0.0357. The van der Waals surface area contributed by atoms with E-state index in [1.54, 1.807) is 23.1 Å². The quantitative estimate of drug-likeness (QED) is 0.755. The molecule has 0 unspecified atom stereocenters. The van der Waals surface area contributed by atoms with Gasteiger partial charge in [-0.05, 0) is 30.7 Å². The summed E-state index contributed by atoms with van der Waals surface area (Å²) in [5, 5.41) is 7.06. The molecule has 0 spiro atoms. The van der Waals surface area contributed by atoms with E-state index in [0.717, 1.165) is 11.1 Å². The summed E-state index contributed by atoms with van der Waals surface area (Å²) >= 11 is 0. The van der Waals surface area contributed by atoms with Gasteiger partial charge in [0.25, 0.3) is 10.0 Å². The summed E-state index contributed by atoms with van der Waals surface area (Å²) in [4.78, 5) is 3.99. The van der Waals surface area contributed by atoms with Crippen LogP contribution in [0.15, 0.2) is 35.7 Å². The highest BCUT2D eigenvalue weighted by Gasteiger charge is 2.14. The monoisotopic (exact) mass is 309 g/mol. The van der Waals surface area contributed by atoms with E-state index < -0.39 is 10.0 Å². The first-order valence-electron chi connectivity index (χ1n) is 6.58. The number of rotatable bonds is 7. The van der Waals surface area contributed by atoms with Gasteiger partial charge in [0.2, 0.25) is 0 Å². The normalized spacial score (nSPS) is 11.7. The fraction of sp³-hybridized carbons (Fsp3) is 0.385. The number of hydrogen-bond acceptors (Lipinski definition) is 5. The van der Waals surface area contributed by atoms with Crippen molar-refractivity contribution in [3.63, 3.8) is 0 Å². The Labute approximate surface area is 124 Å². The molecule has 2 aromatic rings. The van der Waals surface area contributed by atoms with Crippen molar-refractivity contribution in [3.8, 4) is 0 Å². The molecular weight excluding hydrogens is 290 g/mol. The molecule has 0 aromatic carbocycles. The molecule has 0 aliphatic carbocycles. The van der Waals surface area contributed by atoms with E-state index in [2.05, 4.69) is 20.1 Å². The lowest BCUT2D eigenvalue weighted by molar-refractivity contribution is 0.577. The number of hydrogen-bond donors (Lipinski definition) is 2. The fourth-order valence-corrected chi connectivity index (χ4v) is 2.84. The van der Waals surface area contributed by atoms with Crippen molar-refractivity contribution in [2.24, 2.45) is 7.05 Å². The Balaban J connectivity index is 1.94. The highest BCUT2D eigenvalue weighted by molar-refractivity contribution is 7.89. The second-order valence-electron chi connectivity index (χ2n) is 4.71. The molecule has 2 heterocycles. The van der Waals surface area contributed by atoms with Crippen molar-refractivity contribution in [3.05, 3.63) is 41.9 Å². The zero-order valence-corrected chi connectivity index (χ0v) is 12.9. The van der Waals surface area contributed by atoms with E-state index in [0.29, 0.717) is 19.5 Å². The minimum atomic E-state index is -3.56. The summed E-state index contributed by atoms with van der Waals surface area (Å²) in [7, 11) is 0.0837. The average molecular weight is 309 g/mol. The molecule has 0 atom stereocenters. The van der Waals surface area contributed by atoms with Gasteiger partial charge in [0, 0.05) is 32.5 Å². The summed E-state index contributed by atoms with van der Waals surface area (Å²) in [6, 6.07) is 3.26. The second-order valence-corrected chi connectivity index (χ2v) is 6.42. The molecule has 0 fully saturated rings. The van der Waals surface area contributed by atoms with E-state index in [9.17, 15) is 8.42 Å². The van der Waals surface area contributed by atoms with Gasteiger partial charge in [-0.25, -0.2) is 18.1 Å². The van der Waals surface area contributed by atoms with Gasteiger partial charge in [-0.2, -0.15) is 5.10 Å². The van der Waals surface area contributed by atoms with Gasteiger partial charge in [0.15, 0.2) is 5.03 Å². The third-order valence-corrected chi connectivity index (χ3v) is 4.29. The largest absolute Gasteiger partial charge is 0.316 e. The van der Waals surface area contributed by atoms with Gasteiger partial charge < -0.3 is 5.32 Å². The van der Waals surface area contributed by atoms with Crippen molar-refractivity contribution in [2.45, 2.75) is 18.0 Å². The molecule has 0 aliphatic rings. The zero-order valence-electron chi connectivity index (χ0n) is 12.1. The van der Waals surface area contributed by atoms with Gasteiger partial charge in [-0.3, -0.25) is 4.68 Å². The van der Waals surface area contributed by atoms with Crippen LogP contribution in [0.4, 0.5) is 0 Å². The molecule has 21 heavy (non-hydrogen) atoms. The highest BCUT2D eigenvalue weighted by Crippen LogP contribution is 2.07. The van der Waals surface area contributed by atoms with Gasteiger partial charge in [-0.1, -0.05) is 6.07 Å². The van der Waals surface area contributed by atoms with Crippen LogP contribution in [0, 0.1) is 0 Å². The topological polar surface area (TPSA) is 88.9 Å². The fourth-order valence-electron chi connectivity index (χ4n) is 1.88. The number of pyridine rings is 1. The van der Waals surface area contributed by atoms with E-state index in [4.69, 9.17) is 0 Å². The number of aryl methyl sites for hydroxylation is 1. The third kappa shape index (κ3) is 4.35. The van der Waals surface area contributed by atoms with Gasteiger partial charge in [-0.15, -0.1) is 0 Å². The van der Waals surface area contributed by atoms with Crippen molar-refractivity contribution < 1.29 is 8.42 Å². The van der Waals surface area contributed by atoms with E-state index in [-0.39, 0.29) is 5.03 Å². The van der Waals surface area contributed by atoms with Crippen LogP contribution in [-0.2, 0) is 30.0 Å². The first-order chi connectivity index (χ1) is 10.0. The Morgan fingerprint density at radius 1 is 1.24 bits per heavy atom. The maximum absolute atomic E-state index is 12.1.